The molecule has 5 aromatic rings. The molecule has 1 atom stereocenters. The van der Waals surface area contributed by atoms with Gasteiger partial charge in [-0.05, 0) is 98.5 Å². The minimum absolute atomic E-state index is 0.0418. The maximum absolute atomic E-state index is 15.1. The molecule has 2 aromatic heterocycles. The molecule has 6 rings (SSSR count). The summed E-state index contributed by atoms with van der Waals surface area (Å²) in [6, 6.07) is 12.0. The summed E-state index contributed by atoms with van der Waals surface area (Å²) in [6.07, 6.45) is -4.72. The summed E-state index contributed by atoms with van der Waals surface area (Å²) in [7, 11) is 0. The maximum Gasteiger partial charge on any atom is 0.416 e. The molecule has 0 saturated carbocycles. The van der Waals surface area contributed by atoms with Crippen molar-refractivity contribution < 1.29 is 41.3 Å². The van der Waals surface area contributed by atoms with Crippen LogP contribution in [-0.4, -0.2) is 32.8 Å². The van der Waals surface area contributed by atoms with Gasteiger partial charge in [0.25, 0.3) is 11.5 Å². The third-order valence-electron chi connectivity index (χ3n) is 8.99. The highest BCUT2D eigenvalue weighted by Gasteiger charge is 2.37. The molecular formula is C39H37F5N2O5. The molecule has 0 amide bonds. The van der Waals surface area contributed by atoms with Crippen LogP contribution in [0.25, 0.3) is 32.9 Å². The average molecular weight is 709 g/mol. The number of pyridine rings is 2. The molecule has 0 bridgehead atoms. The van der Waals surface area contributed by atoms with Crippen molar-refractivity contribution in [3.63, 3.8) is 0 Å². The molecule has 1 N–H and O–H groups in total. The Kier molecular flexibility index (Phi) is 9.20. The lowest BCUT2D eigenvalue weighted by atomic mass is 9.86. The predicted octanol–water partition coefficient (Wildman–Crippen LogP) is 9.36. The molecule has 0 spiro atoms. The fourth-order valence-corrected chi connectivity index (χ4v) is 6.87. The van der Waals surface area contributed by atoms with Gasteiger partial charge in [-0.1, -0.05) is 13.3 Å². The van der Waals surface area contributed by atoms with Gasteiger partial charge in [0.2, 0.25) is 0 Å². The number of nitrogens with zero attached hydrogens (tertiary/aromatic N) is 2. The van der Waals surface area contributed by atoms with Gasteiger partial charge < -0.3 is 19.1 Å². The third-order valence-corrected chi connectivity index (χ3v) is 8.99. The minimum Gasteiger partial charge on any atom is -0.493 e. The van der Waals surface area contributed by atoms with Gasteiger partial charge in [0.15, 0.2) is 6.10 Å². The van der Waals surface area contributed by atoms with E-state index in [1.807, 2.05) is 6.07 Å². The van der Waals surface area contributed by atoms with Crippen LogP contribution in [0.4, 0.5) is 22.0 Å². The zero-order valence-electron chi connectivity index (χ0n) is 28.8. The Morgan fingerprint density at radius 3 is 2.41 bits per heavy atom. The summed E-state index contributed by atoms with van der Waals surface area (Å²) in [4.78, 5) is 31.2. The number of carbonyl (C=O) groups is 1. The molecular weight excluding hydrogens is 671 g/mol. The number of hydrogen-bond donors (Lipinski definition) is 1. The van der Waals surface area contributed by atoms with Crippen LogP contribution in [0.1, 0.15) is 80.0 Å². The van der Waals surface area contributed by atoms with Crippen molar-refractivity contribution in [3.8, 4) is 16.9 Å². The van der Waals surface area contributed by atoms with Gasteiger partial charge in [0, 0.05) is 52.6 Å². The quantitative estimate of drug-likeness (QED) is 0.154. The van der Waals surface area contributed by atoms with Crippen molar-refractivity contribution in [2.45, 2.75) is 84.2 Å². The molecule has 268 valence electrons. The van der Waals surface area contributed by atoms with Crippen LogP contribution in [-0.2, 0) is 34.6 Å². The highest BCUT2D eigenvalue weighted by Crippen LogP contribution is 2.45. The van der Waals surface area contributed by atoms with Crippen LogP contribution in [0.5, 0.6) is 5.75 Å². The third kappa shape index (κ3) is 6.93. The Morgan fingerprint density at radius 2 is 1.75 bits per heavy atom. The van der Waals surface area contributed by atoms with E-state index in [1.54, 1.807) is 52.1 Å². The molecule has 7 nitrogen and oxygen atoms in total. The van der Waals surface area contributed by atoms with Crippen molar-refractivity contribution in [1.82, 2.24) is 9.55 Å². The smallest absolute Gasteiger partial charge is 0.416 e. The molecule has 0 saturated heterocycles. The zero-order chi connectivity index (χ0) is 37.0. The molecule has 0 fully saturated rings. The van der Waals surface area contributed by atoms with E-state index in [-0.39, 0.29) is 17.5 Å². The van der Waals surface area contributed by atoms with Crippen LogP contribution in [0.3, 0.4) is 0 Å². The number of ether oxygens (including phenoxy) is 2. The average Bonchev–Trinajstić information content (AvgIpc) is 3.04. The van der Waals surface area contributed by atoms with E-state index in [4.69, 9.17) is 14.5 Å². The van der Waals surface area contributed by atoms with Crippen molar-refractivity contribution >= 4 is 27.8 Å². The molecule has 3 heterocycles. The lowest BCUT2D eigenvalue weighted by Crippen LogP contribution is -2.28. The fourth-order valence-electron chi connectivity index (χ4n) is 6.87. The topological polar surface area (TPSA) is 90.7 Å². The first-order valence-corrected chi connectivity index (χ1v) is 16.6. The second-order valence-electron chi connectivity index (χ2n) is 13.9. The van der Waals surface area contributed by atoms with Crippen LogP contribution in [0.15, 0.2) is 65.6 Å². The van der Waals surface area contributed by atoms with Crippen molar-refractivity contribution in [3.05, 3.63) is 105 Å². The van der Waals surface area contributed by atoms with Gasteiger partial charge in [-0.15, -0.1) is 0 Å². The molecule has 1 unspecified atom stereocenters. The predicted molar refractivity (Wildman–Crippen MR) is 183 cm³/mol. The van der Waals surface area contributed by atoms with Gasteiger partial charge >= 0.3 is 12.1 Å². The number of alkyl halides is 5. The number of halogens is 5. The Balaban J connectivity index is 1.67. The van der Waals surface area contributed by atoms with Gasteiger partial charge in [-0.2, -0.15) is 13.2 Å². The summed E-state index contributed by atoms with van der Waals surface area (Å²) in [6.45, 7) is 8.36. The molecule has 1 aliphatic rings. The summed E-state index contributed by atoms with van der Waals surface area (Å²) in [5, 5.41) is 11.7. The summed E-state index contributed by atoms with van der Waals surface area (Å²) in [5.41, 5.74) is -0.257. The lowest BCUT2D eigenvalue weighted by Gasteiger charge is -2.29. The van der Waals surface area contributed by atoms with Crippen LogP contribution < -0.4 is 10.3 Å². The minimum atomic E-state index is -4.92. The molecule has 0 radical (unpaired) electrons. The SMILES string of the molecule is CCCC(F)(F)c1cc(Cn2c(=O)ccc3c(-c4ccc5c6c(ccnc46)CCO5)c(C(OC(C)(C)C)C(=O)O)c(C)cc32)cc(C(F)(F)F)c1. The number of hydrogen-bond acceptors (Lipinski definition) is 5. The Labute approximate surface area is 290 Å². The second kappa shape index (κ2) is 13.0. The van der Waals surface area contributed by atoms with E-state index in [9.17, 15) is 27.9 Å². The number of aromatic nitrogens is 2. The number of fused-ring (bicyclic) bond motifs is 1. The second-order valence-corrected chi connectivity index (χ2v) is 13.9. The number of benzene rings is 3. The molecule has 12 heteroatoms. The zero-order valence-corrected chi connectivity index (χ0v) is 28.8. The standard InChI is InChI=1S/C39H37F5N2O5/c1-6-13-38(40,41)24-17-22(18-25(19-24)39(42,43)44)20-46-28-16-21(2)31(35(36(48)49)51-37(3,4)5)33(26(28)8-10-30(46)47)27-7-9-29-32-23(12-15-50-29)11-14-45-34(27)32/h7-11,14,16-19,35H,6,12-13,15,20H2,1-5H3,(H,48,49). The van der Waals surface area contributed by atoms with Gasteiger partial charge in [-0.3, -0.25) is 9.78 Å². The van der Waals surface area contributed by atoms with E-state index >= 15 is 8.78 Å². The largest absolute Gasteiger partial charge is 0.493 e. The molecule has 51 heavy (non-hydrogen) atoms. The van der Waals surface area contributed by atoms with E-state index in [1.165, 1.54) is 23.6 Å². The fraction of sp³-hybridized carbons (Fsp3) is 0.359. The van der Waals surface area contributed by atoms with E-state index in [0.29, 0.717) is 58.0 Å². The molecule has 3 aromatic carbocycles. The van der Waals surface area contributed by atoms with E-state index in [0.717, 1.165) is 23.1 Å². The summed E-state index contributed by atoms with van der Waals surface area (Å²) in [5.74, 6) is -4.18. The molecule has 0 aliphatic carbocycles. The first-order chi connectivity index (χ1) is 23.9. The number of aliphatic carboxylic acids is 1. The summed E-state index contributed by atoms with van der Waals surface area (Å²) < 4.78 is 85.5. The summed E-state index contributed by atoms with van der Waals surface area (Å²) >= 11 is 0. The number of carboxylic acid groups (broad SMARTS) is 1. The Morgan fingerprint density at radius 1 is 1.02 bits per heavy atom. The van der Waals surface area contributed by atoms with Gasteiger partial charge in [0.05, 0.1) is 35.3 Å². The normalized spacial score (nSPS) is 14.2. The number of aryl methyl sites for hydroxylation is 1. The van der Waals surface area contributed by atoms with Gasteiger partial charge in [-0.25, -0.2) is 13.6 Å². The van der Waals surface area contributed by atoms with Crippen LogP contribution in [0, 0.1) is 6.92 Å². The van der Waals surface area contributed by atoms with Crippen molar-refractivity contribution in [2.75, 3.05) is 6.61 Å². The van der Waals surface area contributed by atoms with Crippen molar-refractivity contribution in [2.24, 2.45) is 0 Å². The monoisotopic (exact) mass is 708 g/mol. The highest BCUT2D eigenvalue weighted by atomic mass is 19.4. The Bertz CT molecular complexity index is 2230. The van der Waals surface area contributed by atoms with Crippen LogP contribution >= 0.6 is 0 Å². The molecule has 1 aliphatic heterocycles. The lowest BCUT2D eigenvalue weighted by molar-refractivity contribution is -0.160. The van der Waals surface area contributed by atoms with E-state index in [2.05, 4.69) is 0 Å². The van der Waals surface area contributed by atoms with Crippen LogP contribution in [0.2, 0.25) is 0 Å². The maximum atomic E-state index is 15.1. The first kappa shape index (κ1) is 36.0. The first-order valence-electron chi connectivity index (χ1n) is 16.6. The number of rotatable bonds is 9. The number of carboxylic acids is 1. The Hall–Kier alpha value is -4.84. The van der Waals surface area contributed by atoms with Crippen molar-refractivity contribution in [1.29, 1.82) is 0 Å². The van der Waals surface area contributed by atoms with Gasteiger partial charge in [0.1, 0.15) is 5.75 Å². The highest BCUT2D eigenvalue weighted by molar-refractivity contribution is 6.08. The van der Waals surface area contributed by atoms with E-state index < -0.39 is 59.4 Å².